The van der Waals surface area contributed by atoms with E-state index in [2.05, 4.69) is 5.32 Å². The molecule has 1 fully saturated rings. The number of rotatable bonds is 8. The van der Waals surface area contributed by atoms with Gasteiger partial charge in [0.2, 0.25) is 15.9 Å². The summed E-state index contributed by atoms with van der Waals surface area (Å²) in [6.07, 6.45) is 0. The number of nitrogens with one attached hydrogen (secondary N) is 1. The van der Waals surface area contributed by atoms with Gasteiger partial charge < -0.3 is 10.2 Å². The first kappa shape index (κ1) is 23.2. The molecule has 9 heteroatoms. The van der Waals surface area contributed by atoms with Crippen molar-refractivity contribution < 1.29 is 17.6 Å². The maximum absolute atomic E-state index is 14.0. The smallest absolute Gasteiger partial charge is 0.243 e. The Morgan fingerprint density at radius 1 is 1.03 bits per heavy atom. The normalized spacial score (nSPS) is 15.3. The second-order valence-electron chi connectivity index (χ2n) is 7.38. The van der Waals surface area contributed by atoms with E-state index in [0.717, 1.165) is 0 Å². The van der Waals surface area contributed by atoms with Gasteiger partial charge in [0.15, 0.2) is 0 Å². The second kappa shape index (κ2) is 10.2. The van der Waals surface area contributed by atoms with Crippen LogP contribution in [0.4, 0.5) is 15.8 Å². The highest BCUT2D eigenvalue weighted by Gasteiger charge is 2.23. The third kappa shape index (κ3) is 5.61. The summed E-state index contributed by atoms with van der Waals surface area (Å²) in [4.78, 5) is 16.6. The predicted octanol–water partition coefficient (Wildman–Crippen LogP) is 2.62. The molecule has 1 heterocycles. The van der Waals surface area contributed by atoms with Gasteiger partial charge >= 0.3 is 0 Å². The van der Waals surface area contributed by atoms with Gasteiger partial charge in [0.1, 0.15) is 5.82 Å². The van der Waals surface area contributed by atoms with E-state index in [1.165, 1.54) is 22.5 Å². The molecule has 0 saturated carbocycles. The highest BCUT2D eigenvalue weighted by atomic mass is 32.2. The minimum Gasteiger partial charge on any atom is -0.367 e. The van der Waals surface area contributed by atoms with Crippen molar-refractivity contribution in [1.29, 1.82) is 0 Å². The van der Waals surface area contributed by atoms with Crippen molar-refractivity contribution >= 4 is 27.3 Å². The Morgan fingerprint density at radius 2 is 1.71 bits per heavy atom. The van der Waals surface area contributed by atoms with Crippen LogP contribution in [0, 0.1) is 5.82 Å². The summed E-state index contributed by atoms with van der Waals surface area (Å²) < 4.78 is 40.7. The number of piperazine rings is 1. The Labute approximate surface area is 183 Å². The topological polar surface area (TPSA) is 73.0 Å². The van der Waals surface area contributed by atoms with Gasteiger partial charge in [-0.05, 0) is 30.3 Å². The summed E-state index contributed by atoms with van der Waals surface area (Å²) in [6, 6.07) is 13.0. The minimum atomic E-state index is -3.59. The summed E-state index contributed by atoms with van der Waals surface area (Å²) in [6.45, 7) is 7.08. The summed E-state index contributed by atoms with van der Waals surface area (Å²) in [7, 11) is -3.59. The molecule has 1 saturated heterocycles. The molecule has 1 aliphatic heterocycles. The van der Waals surface area contributed by atoms with Crippen LogP contribution in [0.2, 0.25) is 0 Å². The van der Waals surface area contributed by atoms with Crippen molar-refractivity contribution in [2.45, 2.75) is 18.7 Å². The van der Waals surface area contributed by atoms with Gasteiger partial charge in [-0.15, -0.1) is 0 Å². The molecule has 3 rings (SSSR count). The molecule has 0 unspecified atom stereocenters. The van der Waals surface area contributed by atoms with Crippen molar-refractivity contribution in [3.63, 3.8) is 0 Å². The van der Waals surface area contributed by atoms with Crippen LogP contribution in [0.25, 0.3) is 0 Å². The van der Waals surface area contributed by atoms with Crippen LogP contribution in [0.15, 0.2) is 53.4 Å². The van der Waals surface area contributed by atoms with E-state index in [0.29, 0.717) is 50.6 Å². The lowest BCUT2D eigenvalue weighted by molar-refractivity contribution is -0.117. The Hall–Kier alpha value is -2.49. The maximum atomic E-state index is 14.0. The third-order valence-electron chi connectivity index (χ3n) is 5.39. The number of para-hydroxylation sites is 1. The molecule has 31 heavy (non-hydrogen) atoms. The van der Waals surface area contributed by atoms with Crippen LogP contribution < -0.4 is 10.2 Å². The number of nitrogens with zero attached hydrogens (tertiary/aromatic N) is 3. The molecular weight excluding hydrogens is 419 g/mol. The van der Waals surface area contributed by atoms with Gasteiger partial charge in [-0.25, -0.2) is 12.8 Å². The summed E-state index contributed by atoms with van der Waals surface area (Å²) in [5.74, 6) is -0.454. The van der Waals surface area contributed by atoms with E-state index >= 15 is 0 Å². The average Bonchev–Trinajstić information content (AvgIpc) is 2.75. The van der Waals surface area contributed by atoms with Crippen molar-refractivity contribution in [1.82, 2.24) is 9.21 Å². The van der Waals surface area contributed by atoms with Gasteiger partial charge in [0.05, 0.1) is 17.1 Å². The highest BCUT2D eigenvalue weighted by Crippen LogP contribution is 2.21. The van der Waals surface area contributed by atoms with E-state index in [4.69, 9.17) is 0 Å². The highest BCUT2D eigenvalue weighted by molar-refractivity contribution is 7.89. The SMILES string of the molecule is CCN(CC)S(=O)(=O)c1cccc(NC(=O)CN2CCN(c3ccccc3F)CC2)c1. The van der Waals surface area contributed by atoms with Crippen molar-refractivity contribution in [2.24, 2.45) is 0 Å². The number of sulfonamides is 1. The molecule has 168 valence electrons. The van der Waals surface area contributed by atoms with E-state index in [1.807, 2.05) is 15.9 Å². The fourth-order valence-corrected chi connectivity index (χ4v) is 5.21. The monoisotopic (exact) mass is 448 g/mol. The molecule has 0 spiro atoms. The first-order valence-electron chi connectivity index (χ1n) is 10.5. The van der Waals surface area contributed by atoms with Gasteiger partial charge in [0.25, 0.3) is 0 Å². The van der Waals surface area contributed by atoms with Crippen LogP contribution in [0.1, 0.15) is 13.8 Å². The van der Waals surface area contributed by atoms with Crippen LogP contribution in [-0.2, 0) is 14.8 Å². The number of carbonyl (C=O) groups is 1. The summed E-state index contributed by atoms with van der Waals surface area (Å²) in [5, 5.41) is 2.79. The first-order chi connectivity index (χ1) is 14.8. The lowest BCUT2D eigenvalue weighted by Gasteiger charge is -2.35. The van der Waals surface area contributed by atoms with E-state index < -0.39 is 10.0 Å². The number of amides is 1. The number of hydrogen-bond acceptors (Lipinski definition) is 5. The molecule has 2 aromatic rings. The molecule has 0 radical (unpaired) electrons. The molecule has 7 nitrogen and oxygen atoms in total. The molecule has 1 N–H and O–H groups in total. The number of anilines is 2. The molecular formula is C22H29FN4O3S. The molecule has 0 atom stereocenters. The Bertz CT molecular complexity index is 1000. The lowest BCUT2D eigenvalue weighted by atomic mass is 10.2. The minimum absolute atomic E-state index is 0.160. The number of hydrogen-bond donors (Lipinski definition) is 1. The fraction of sp³-hybridized carbons (Fsp3) is 0.409. The Morgan fingerprint density at radius 3 is 2.35 bits per heavy atom. The van der Waals surface area contributed by atoms with E-state index in [9.17, 15) is 17.6 Å². The van der Waals surface area contributed by atoms with E-state index in [1.54, 1.807) is 38.1 Å². The van der Waals surface area contributed by atoms with Crippen LogP contribution in [-0.4, -0.2) is 69.3 Å². The first-order valence-corrected chi connectivity index (χ1v) is 11.9. The Balaban J connectivity index is 1.57. The van der Waals surface area contributed by atoms with Gasteiger partial charge in [-0.3, -0.25) is 9.69 Å². The predicted molar refractivity (Wildman–Crippen MR) is 120 cm³/mol. The molecule has 0 aromatic heterocycles. The van der Waals surface area contributed by atoms with Crippen molar-refractivity contribution in [2.75, 3.05) is 56.0 Å². The van der Waals surface area contributed by atoms with Crippen LogP contribution in [0.5, 0.6) is 0 Å². The quantitative estimate of drug-likeness (QED) is 0.672. The zero-order chi connectivity index (χ0) is 22.4. The molecule has 0 bridgehead atoms. The van der Waals surface area contributed by atoms with Crippen molar-refractivity contribution in [3.8, 4) is 0 Å². The zero-order valence-electron chi connectivity index (χ0n) is 17.9. The molecule has 0 aliphatic carbocycles. The second-order valence-corrected chi connectivity index (χ2v) is 9.32. The maximum Gasteiger partial charge on any atom is 0.243 e. The number of halogens is 1. The summed E-state index contributed by atoms with van der Waals surface area (Å²) in [5.41, 5.74) is 1.03. The molecule has 1 aliphatic rings. The van der Waals surface area contributed by atoms with Crippen LogP contribution in [0.3, 0.4) is 0 Å². The Kier molecular flexibility index (Phi) is 7.64. The number of benzene rings is 2. The average molecular weight is 449 g/mol. The molecule has 2 aromatic carbocycles. The van der Waals surface area contributed by atoms with Crippen molar-refractivity contribution in [3.05, 3.63) is 54.3 Å². The lowest BCUT2D eigenvalue weighted by Crippen LogP contribution is -2.48. The van der Waals surface area contributed by atoms with Crippen LogP contribution >= 0.6 is 0 Å². The zero-order valence-corrected chi connectivity index (χ0v) is 18.7. The van der Waals surface area contributed by atoms with Gasteiger partial charge in [0, 0.05) is 45.0 Å². The van der Waals surface area contributed by atoms with E-state index in [-0.39, 0.29) is 23.2 Å². The third-order valence-corrected chi connectivity index (χ3v) is 7.44. The largest absolute Gasteiger partial charge is 0.367 e. The fourth-order valence-electron chi connectivity index (χ4n) is 3.71. The van der Waals surface area contributed by atoms with Gasteiger partial charge in [-0.1, -0.05) is 32.0 Å². The number of carbonyl (C=O) groups excluding carboxylic acids is 1. The summed E-state index contributed by atoms with van der Waals surface area (Å²) >= 11 is 0. The molecule has 1 amide bonds. The van der Waals surface area contributed by atoms with Gasteiger partial charge in [-0.2, -0.15) is 4.31 Å². The standard InChI is InChI=1S/C22H29FN4O3S/c1-3-27(4-2)31(29,30)19-9-7-8-18(16-19)24-22(28)17-25-12-14-26(15-13-25)21-11-6-5-10-20(21)23/h5-11,16H,3-4,12-15,17H2,1-2H3,(H,24,28).